The van der Waals surface area contributed by atoms with Crippen LogP contribution in [0.4, 0.5) is 27.6 Å². The summed E-state index contributed by atoms with van der Waals surface area (Å²) in [5.41, 5.74) is -3.05. The molecule has 0 aliphatic carbocycles. The van der Waals surface area contributed by atoms with Gasteiger partial charge in [-0.05, 0) is 24.3 Å². The second-order valence-corrected chi connectivity index (χ2v) is 7.14. The van der Waals surface area contributed by atoms with Crippen molar-refractivity contribution in [2.24, 2.45) is 0 Å². The summed E-state index contributed by atoms with van der Waals surface area (Å²) in [5.74, 6) is -3.92. The molecule has 0 aromatic heterocycles. The third kappa shape index (κ3) is 4.48. The van der Waals surface area contributed by atoms with E-state index in [4.69, 9.17) is 11.6 Å². The minimum atomic E-state index is -4.93. The lowest BCUT2D eigenvalue weighted by molar-refractivity contribution is -0.137. The van der Waals surface area contributed by atoms with Crippen molar-refractivity contribution in [2.75, 3.05) is 11.8 Å². The van der Waals surface area contributed by atoms with Gasteiger partial charge in [-0.1, -0.05) is 11.6 Å². The van der Waals surface area contributed by atoms with Gasteiger partial charge in [-0.3, -0.25) is 4.72 Å². The fourth-order valence-electron chi connectivity index (χ4n) is 1.99. The zero-order valence-electron chi connectivity index (χ0n) is 13.2. The maximum absolute atomic E-state index is 13.9. The molecular weight excluding hydrogens is 421 g/mol. The number of esters is 1. The van der Waals surface area contributed by atoms with Crippen molar-refractivity contribution in [3.8, 4) is 0 Å². The van der Waals surface area contributed by atoms with Crippen molar-refractivity contribution in [3.63, 3.8) is 0 Å². The highest BCUT2D eigenvalue weighted by Crippen LogP contribution is 2.36. The van der Waals surface area contributed by atoms with Crippen LogP contribution in [0.5, 0.6) is 0 Å². The number of methoxy groups -OCH3 is 1. The van der Waals surface area contributed by atoms with Gasteiger partial charge in [0.15, 0.2) is 0 Å². The number of ether oxygens (including phenoxy) is 1. The molecule has 146 valence electrons. The van der Waals surface area contributed by atoms with Gasteiger partial charge in [-0.25, -0.2) is 22.0 Å². The van der Waals surface area contributed by atoms with Gasteiger partial charge >= 0.3 is 12.1 Å². The summed E-state index contributed by atoms with van der Waals surface area (Å²) < 4.78 is 96.6. The molecule has 0 saturated carbocycles. The van der Waals surface area contributed by atoms with Crippen LogP contribution >= 0.6 is 11.6 Å². The van der Waals surface area contributed by atoms with Crippen molar-refractivity contribution in [1.82, 2.24) is 0 Å². The topological polar surface area (TPSA) is 72.5 Å². The number of sulfonamides is 1. The molecule has 0 heterocycles. The Kier molecular flexibility index (Phi) is 5.66. The van der Waals surface area contributed by atoms with Crippen LogP contribution in [0.2, 0.25) is 5.02 Å². The molecule has 1 N–H and O–H groups in total. The summed E-state index contributed by atoms with van der Waals surface area (Å²) >= 11 is 5.42. The van der Waals surface area contributed by atoms with Crippen LogP contribution in [0.1, 0.15) is 15.9 Å². The molecule has 0 fully saturated rings. The number of carbonyl (C=O) groups excluding carboxylic acids is 1. The summed E-state index contributed by atoms with van der Waals surface area (Å²) in [5, 5.41) is -0.734. The molecule has 2 rings (SSSR count). The van der Waals surface area contributed by atoms with Gasteiger partial charge in [0.1, 0.15) is 11.6 Å². The summed E-state index contributed by atoms with van der Waals surface area (Å²) in [4.78, 5) is 10.6. The van der Waals surface area contributed by atoms with Gasteiger partial charge in [-0.2, -0.15) is 13.2 Å². The largest absolute Gasteiger partial charge is 0.465 e. The Balaban J connectivity index is 2.50. The van der Waals surface area contributed by atoms with Crippen LogP contribution in [0, 0.1) is 11.6 Å². The zero-order chi connectivity index (χ0) is 20.6. The Morgan fingerprint density at radius 3 is 2.30 bits per heavy atom. The fourth-order valence-corrected chi connectivity index (χ4v) is 3.29. The molecule has 5 nitrogen and oxygen atoms in total. The molecule has 0 aliphatic heterocycles. The van der Waals surface area contributed by atoms with E-state index in [1.807, 2.05) is 0 Å². The van der Waals surface area contributed by atoms with E-state index >= 15 is 0 Å². The maximum atomic E-state index is 13.9. The minimum Gasteiger partial charge on any atom is -0.465 e. The van der Waals surface area contributed by atoms with Crippen molar-refractivity contribution in [2.45, 2.75) is 11.1 Å². The molecule has 12 heteroatoms. The van der Waals surface area contributed by atoms with Crippen molar-refractivity contribution in [1.29, 1.82) is 0 Å². The molecule has 0 unspecified atom stereocenters. The monoisotopic (exact) mass is 429 g/mol. The number of hydrogen-bond acceptors (Lipinski definition) is 4. The molecule has 0 bridgehead atoms. The third-order valence-electron chi connectivity index (χ3n) is 3.26. The van der Waals surface area contributed by atoms with Crippen molar-refractivity contribution >= 4 is 33.3 Å². The lowest BCUT2D eigenvalue weighted by Crippen LogP contribution is -2.17. The lowest BCUT2D eigenvalue weighted by atomic mass is 10.2. The van der Waals surface area contributed by atoms with Crippen LogP contribution in [0.3, 0.4) is 0 Å². The maximum Gasteiger partial charge on any atom is 0.417 e. The van der Waals surface area contributed by atoms with Crippen LogP contribution < -0.4 is 4.72 Å². The molecule has 2 aromatic rings. The van der Waals surface area contributed by atoms with Gasteiger partial charge in [0, 0.05) is 6.07 Å². The normalized spacial score (nSPS) is 12.0. The molecule has 27 heavy (non-hydrogen) atoms. The second kappa shape index (κ2) is 7.31. The Bertz CT molecular complexity index is 1010. The van der Waals surface area contributed by atoms with Crippen LogP contribution in [-0.4, -0.2) is 21.5 Å². The van der Waals surface area contributed by atoms with Crippen LogP contribution in [-0.2, 0) is 20.9 Å². The molecule has 0 saturated heterocycles. The van der Waals surface area contributed by atoms with Gasteiger partial charge in [0.2, 0.25) is 0 Å². The third-order valence-corrected chi connectivity index (χ3v) is 4.95. The summed E-state index contributed by atoms with van der Waals surface area (Å²) in [6.07, 6.45) is -4.93. The van der Waals surface area contributed by atoms with E-state index < -0.39 is 60.5 Å². The van der Waals surface area contributed by atoms with Gasteiger partial charge < -0.3 is 4.74 Å². The van der Waals surface area contributed by atoms with E-state index in [2.05, 4.69) is 4.74 Å². The molecule has 0 atom stereocenters. The number of halogens is 6. The minimum absolute atomic E-state index is 0.229. The summed E-state index contributed by atoms with van der Waals surface area (Å²) in [7, 11) is -3.80. The van der Waals surface area contributed by atoms with E-state index in [1.165, 1.54) is 0 Å². The smallest absolute Gasteiger partial charge is 0.417 e. The molecule has 2 aromatic carbocycles. The number of alkyl halides is 3. The molecule has 0 spiro atoms. The highest BCUT2D eigenvalue weighted by Gasteiger charge is 2.34. The highest BCUT2D eigenvalue weighted by atomic mass is 35.5. The van der Waals surface area contributed by atoms with E-state index in [0.29, 0.717) is 12.1 Å². The number of carbonyl (C=O) groups is 1. The Morgan fingerprint density at radius 2 is 1.74 bits per heavy atom. The first-order chi connectivity index (χ1) is 12.4. The number of anilines is 1. The Morgan fingerprint density at radius 1 is 1.11 bits per heavy atom. The molecule has 0 amide bonds. The van der Waals surface area contributed by atoms with E-state index in [9.17, 15) is 35.2 Å². The summed E-state index contributed by atoms with van der Waals surface area (Å²) in [6, 6.07) is 2.48. The average molecular weight is 430 g/mol. The standard InChI is InChI=1S/C15H9ClF5NO4S/c1-26-14(23)8-5-13(12(18)6-11(8)17)22-27(24,25)7-2-3-10(16)9(4-7)15(19,20)21/h2-6,22H,1H3. The van der Waals surface area contributed by atoms with Crippen LogP contribution in [0.15, 0.2) is 35.2 Å². The molecular formula is C15H9ClF5NO4S. The van der Waals surface area contributed by atoms with Gasteiger partial charge in [-0.15, -0.1) is 0 Å². The number of benzene rings is 2. The number of rotatable bonds is 4. The average Bonchev–Trinajstić information content (AvgIpc) is 2.55. The fraction of sp³-hybridized carbons (Fsp3) is 0.133. The van der Waals surface area contributed by atoms with Crippen molar-refractivity contribution < 1.29 is 39.9 Å². The van der Waals surface area contributed by atoms with E-state index in [-0.39, 0.29) is 12.1 Å². The van der Waals surface area contributed by atoms with Gasteiger partial charge in [0.25, 0.3) is 10.0 Å². The zero-order valence-corrected chi connectivity index (χ0v) is 14.8. The first-order valence-corrected chi connectivity index (χ1v) is 8.70. The number of nitrogens with one attached hydrogen (secondary N) is 1. The highest BCUT2D eigenvalue weighted by molar-refractivity contribution is 7.92. The predicted molar refractivity (Wildman–Crippen MR) is 85.0 cm³/mol. The van der Waals surface area contributed by atoms with Crippen LogP contribution in [0.25, 0.3) is 0 Å². The Labute approximate surface area is 154 Å². The summed E-state index contributed by atoms with van der Waals surface area (Å²) in [6.45, 7) is 0. The first kappa shape index (κ1) is 20.9. The molecule has 0 aliphatic rings. The first-order valence-electron chi connectivity index (χ1n) is 6.83. The van der Waals surface area contributed by atoms with Gasteiger partial charge in [0.05, 0.1) is 33.8 Å². The predicted octanol–water partition coefficient (Wildman–Crippen LogP) is 4.22. The van der Waals surface area contributed by atoms with E-state index in [0.717, 1.165) is 13.2 Å². The number of hydrogen-bond donors (Lipinski definition) is 1. The quantitative estimate of drug-likeness (QED) is 0.583. The molecule has 0 radical (unpaired) electrons. The lowest BCUT2D eigenvalue weighted by Gasteiger charge is -2.13. The second-order valence-electron chi connectivity index (χ2n) is 5.05. The van der Waals surface area contributed by atoms with E-state index in [1.54, 1.807) is 4.72 Å². The van der Waals surface area contributed by atoms with Crippen molar-refractivity contribution in [3.05, 3.63) is 58.1 Å². The Hall–Kier alpha value is -2.40. The SMILES string of the molecule is COC(=O)c1cc(NS(=O)(=O)c2ccc(Cl)c(C(F)(F)F)c2)c(F)cc1F.